The highest BCUT2D eigenvalue weighted by Gasteiger charge is 2.09. The number of halogens is 2. The molecule has 0 aliphatic rings. The van der Waals surface area contributed by atoms with E-state index in [4.69, 9.17) is 23.2 Å². The maximum atomic E-state index is 12.3. The van der Waals surface area contributed by atoms with Crippen molar-refractivity contribution in [2.24, 2.45) is 5.92 Å². The molecule has 0 aromatic heterocycles. The van der Waals surface area contributed by atoms with Crippen LogP contribution in [0.5, 0.6) is 0 Å². The molecule has 0 N–H and O–H groups in total. The molecule has 2 aromatic rings. The topological polar surface area (TPSA) is 17.1 Å². The molecule has 0 atom stereocenters. The molecular formula is C18H18Cl2O. The Morgan fingerprint density at radius 2 is 1.57 bits per heavy atom. The largest absolute Gasteiger partial charge is 0.294 e. The molecule has 0 bridgehead atoms. The molecular weight excluding hydrogens is 303 g/mol. The predicted molar refractivity (Wildman–Crippen MR) is 89.5 cm³/mol. The second-order valence-corrected chi connectivity index (χ2v) is 6.46. The molecule has 21 heavy (non-hydrogen) atoms. The molecule has 0 aliphatic heterocycles. The predicted octanol–water partition coefficient (Wildman–Crippen LogP) is 5.62. The third kappa shape index (κ3) is 4.59. The van der Waals surface area contributed by atoms with Gasteiger partial charge < -0.3 is 0 Å². The van der Waals surface area contributed by atoms with Crippen LogP contribution in [0.15, 0.2) is 42.5 Å². The lowest BCUT2D eigenvalue weighted by atomic mass is 9.98. The monoisotopic (exact) mass is 320 g/mol. The first kappa shape index (κ1) is 16.1. The molecule has 0 amide bonds. The van der Waals surface area contributed by atoms with Crippen LogP contribution in [0.1, 0.15) is 35.3 Å². The molecule has 2 aromatic carbocycles. The van der Waals surface area contributed by atoms with Crippen LogP contribution in [0.25, 0.3) is 0 Å². The van der Waals surface area contributed by atoms with Gasteiger partial charge in [-0.25, -0.2) is 0 Å². The molecule has 2 rings (SSSR count). The van der Waals surface area contributed by atoms with E-state index in [9.17, 15) is 4.79 Å². The van der Waals surface area contributed by atoms with E-state index in [2.05, 4.69) is 13.8 Å². The van der Waals surface area contributed by atoms with Gasteiger partial charge in [0.1, 0.15) is 0 Å². The first-order valence-electron chi connectivity index (χ1n) is 7.02. The van der Waals surface area contributed by atoms with Crippen molar-refractivity contribution in [1.29, 1.82) is 0 Å². The number of hydrogen-bond acceptors (Lipinski definition) is 1. The van der Waals surface area contributed by atoms with Gasteiger partial charge in [0.2, 0.25) is 0 Å². The summed E-state index contributed by atoms with van der Waals surface area (Å²) < 4.78 is 0. The average molecular weight is 321 g/mol. The summed E-state index contributed by atoms with van der Waals surface area (Å²) in [6, 6.07) is 13.2. The van der Waals surface area contributed by atoms with Gasteiger partial charge in [0.05, 0.1) is 10.0 Å². The van der Waals surface area contributed by atoms with Gasteiger partial charge in [-0.05, 0) is 35.6 Å². The summed E-state index contributed by atoms with van der Waals surface area (Å²) in [5, 5.41) is 0.986. The van der Waals surface area contributed by atoms with Crippen LogP contribution in [0.2, 0.25) is 10.0 Å². The minimum Gasteiger partial charge on any atom is -0.294 e. The van der Waals surface area contributed by atoms with Crippen LogP contribution in [0.4, 0.5) is 0 Å². The number of Topliss-reactive ketones (excluding diaryl/α,β-unsaturated/α-hetero) is 1. The highest BCUT2D eigenvalue weighted by molar-refractivity contribution is 6.42. The fraction of sp³-hybridized carbons (Fsp3) is 0.278. The van der Waals surface area contributed by atoms with Gasteiger partial charge in [-0.1, -0.05) is 67.4 Å². The number of carbonyl (C=O) groups is 1. The Hall–Kier alpha value is -1.31. The summed E-state index contributed by atoms with van der Waals surface area (Å²) >= 11 is 11.8. The van der Waals surface area contributed by atoms with Gasteiger partial charge in [-0.2, -0.15) is 0 Å². The van der Waals surface area contributed by atoms with Crippen molar-refractivity contribution in [1.82, 2.24) is 0 Å². The zero-order chi connectivity index (χ0) is 15.4. The van der Waals surface area contributed by atoms with E-state index in [0.717, 1.165) is 17.5 Å². The van der Waals surface area contributed by atoms with Crippen molar-refractivity contribution in [2.75, 3.05) is 0 Å². The Bertz CT molecular complexity index is 630. The molecule has 110 valence electrons. The Labute approximate surface area is 135 Å². The summed E-state index contributed by atoms with van der Waals surface area (Å²) in [6.07, 6.45) is 1.36. The van der Waals surface area contributed by atoms with Gasteiger partial charge in [-0.3, -0.25) is 4.79 Å². The van der Waals surface area contributed by atoms with Crippen LogP contribution in [-0.2, 0) is 12.8 Å². The lowest BCUT2D eigenvalue weighted by Crippen LogP contribution is -2.04. The molecule has 0 spiro atoms. The number of hydrogen-bond donors (Lipinski definition) is 0. The molecule has 0 heterocycles. The normalized spacial score (nSPS) is 10.9. The van der Waals surface area contributed by atoms with Gasteiger partial charge >= 0.3 is 0 Å². The average Bonchev–Trinajstić information content (AvgIpc) is 2.43. The van der Waals surface area contributed by atoms with Crippen LogP contribution in [-0.4, -0.2) is 5.78 Å². The van der Waals surface area contributed by atoms with Gasteiger partial charge in [0.15, 0.2) is 5.78 Å². The highest BCUT2D eigenvalue weighted by atomic mass is 35.5. The second-order valence-electron chi connectivity index (χ2n) is 5.64. The van der Waals surface area contributed by atoms with E-state index in [0.29, 0.717) is 22.4 Å². The minimum absolute atomic E-state index is 0.0875. The summed E-state index contributed by atoms with van der Waals surface area (Å²) in [4.78, 5) is 12.3. The van der Waals surface area contributed by atoms with E-state index in [1.807, 2.05) is 30.3 Å². The van der Waals surface area contributed by atoms with Gasteiger partial charge in [0.25, 0.3) is 0 Å². The fourth-order valence-corrected chi connectivity index (χ4v) is 2.56. The number of carbonyl (C=O) groups excluding carboxylic acids is 1. The van der Waals surface area contributed by atoms with E-state index in [1.165, 1.54) is 5.56 Å². The molecule has 3 heteroatoms. The SMILES string of the molecule is CC(C)Cc1ccc(C(=O)Cc2ccc(Cl)c(Cl)c2)cc1. The van der Waals surface area contributed by atoms with E-state index >= 15 is 0 Å². The molecule has 1 nitrogen and oxygen atoms in total. The first-order chi connectivity index (χ1) is 9.95. The van der Waals surface area contributed by atoms with Crippen molar-refractivity contribution in [3.05, 3.63) is 69.2 Å². The third-order valence-electron chi connectivity index (χ3n) is 3.27. The maximum absolute atomic E-state index is 12.3. The number of rotatable bonds is 5. The molecule has 0 unspecified atom stereocenters. The number of ketones is 1. The Balaban J connectivity index is 2.07. The minimum atomic E-state index is 0.0875. The van der Waals surface area contributed by atoms with E-state index in [1.54, 1.807) is 12.1 Å². The third-order valence-corrected chi connectivity index (χ3v) is 4.01. The standard InChI is InChI=1S/C18H18Cl2O/c1-12(2)9-13-3-6-15(7-4-13)18(21)11-14-5-8-16(19)17(20)10-14/h3-8,10,12H,9,11H2,1-2H3. The van der Waals surface area contributed by atoms with Crippen molar-refractivity contribution < 1.29 is 4.79 Å². The molecule has 0 fully saturated rings. The van der Waals surface area contributed by atoms with Gasteiger partial charge in [-0.15, -0.1) is 0 Å². The molecule has 0 aliphatic carbocycles. The lowest BCUT2D eigenvalue weighted by Gasteiger charge is -2.07. The second kappa shape index (κ2) is 7.11. The van der Waals surface area contributed by atoms with Crippen LogP contribution in [0.3, 0.4) is 0 Å². The van der Waals surface area contributed by atoms with Crippen molar-refractivity contribution >= 4 is 29.0 Å². The van der Waals surface area contributed by atoms with Crippen molar-refractivity contribution in [3.8, 4) is 0 Å². The van der Waals surface area contributed by atoms with Crippen LogP contribution in [0, 0.1) is 5.92 Å². The van der Waals surface area contributed by atoms with E-state index < -0.39 is 0 Å². The first-order valence-corrected chi connectivity index (χ1v) is 7.77. The summed E-state index contributed by atoms with van der Waals surface area (Å²) in [5.74, 6) is 0.701. The quantitative estimate of drug-likeness (QED) is 0.653. The Kier molecular flexibility index (Phi) is 5.44. The highest BCUT2D eigenvalue weighted by Crippen LogP contribution is 2.23. The van der Waals surface area contributed by atoms with Crippen LogP contribution >= 0.6 is 23.2 Å². The Morgan fingerprint density at radius 1 is 0.952 bits per heavy atom. The fourth-order valence-electron chi connectivity index (χ4n) is 2.24. The van der Waals surface area contributed by atoms with Crippen molar-refractivity contribution in [2.45, 2.75) is 26.7 Å². The smallest absolute Gasteiger partial charge is 0.167 e. The lowest BCUT2D eigenvalue weighted by molar-refractivity contribution is 0.0993. The molecule has 0 saturated carbocycles. The zero-order valence-corrected chi connectivity index (χ0v) is 13.7. The van der Waals surface area contributed by atoms with E-state index in [-0.39, 0.29) is 5.78 Å². The molecule has 0 radical (unpaired) electrons. The number of benzene rings is 2. The zero-order valence-electron chi connectivity index (χ0n) is 12.2. The summed E-state index contributed by atoms with van der Waals surface area (Å²) in [5.41, 5.74) is 2.87. The molecule has 0 saturated heterocycles. The van der Waals surface area contributed by atoms with Crippen molar-refractivity contribution in [3.63, 3.8) is 0 Å². The summed E-state index contributed by atoms with van der Waals surface area (Å²) in [7, 11) is 0. The van der Waals surface area contributed by atoms with Gasteiger partial charge in [0, 0.05) is 12.0 Å². The summed E-state index contributed by atoms with van der Waals surface area (Å²) in [6.45, 7) is 4.37. The van der Waals surface area contributed by atoms with Crippen LogP contribution < -0.4 is 0 Å². The Morgan fingerprint density at radius 3 is 2.14 bits per heavy atom. The maximum Gasteiger partial charge on any atom is 0.167 e.